The van der Waals surface area contributed by atoms with Crippen molar-refractivity contribution in [3.05, 3.63) is 98.8 Å². The molecule has 1 aliphatic rings. The van der Waals surface area contributed by atoms with E-state index in [1.54, 1.807) is 18.1 Å². The van der Waals surface area contributed by atoms with Gasteiger partial charge in [-0.15, -0.1) is 0 Å². The molecule has 0 bridgehead atoms. The van der Waals surface area contributed by atoms with E-state index < -0.39 is 10.1 Å². The molecule has 8 rings (SSSR count). The van der Waals surface area contributed by atoms with E-state index in [2.05, 4.69) is 21.6 Å². The maximum absolute atomic E-state index is 15.4. The first kappa shape index (κ1) is 40.6. The minimum absolute atomic E-state index is 0.167. The summed E-state index contributed by atoms with van der Waals surface area (Å²) in [4.78, 5) is 21.7. The Morgan fingerprint density at radius 3 is 2.36 bits per heavy atom. The number of aryl methyl sites for hydroxylation is 7. The van der Waals surface area contributed by atoms with Gasteiger partial charge >= 0.3 is 0 Å². The fourth-order valence-corrected chi connectivity index (χ4v) is 9.49. The van der Waals surface area contributed by atoms with Crippen LogP contribution < -0.4 is 9.64 Å². The molecule has 3 aromatic carbocycles. The average molecular weight is 858 g/mol. The highest BCUT2D eigenvalue weighted by atomic mass is 35.5. The lowest BCUT2D eigenvalue weighted by Gasteiger charge is -2.34. The summed E-state index contributed by atoms with van der Waals surface area (Å²) < 4.78 is 46.7. The van der Waals surface area contributed by atoms with E-state index >= 15 is 4.79 Å². The predicted molar refractivity (Wildman–Crippen MR) is 233 cm³/mol. The molecular weight excluding hydrogens is 811 g/mol. The third kappa shape index (κ3) is 7.40. The summed E-state index contributed by atoms with van der Waals surface area (Å²) in [7, 11) is -0.438. The molecule has 0 saturated heterocycles. The van der Waals surface area contributed by atoms with Crippen LogP contribution in [0.15, 0.2) is 55.0 Å². The largest absolute Gasteiger partial charge is 0.494 e. The molecule has 1 N–H and O–H groups in total. The van der Waals surface area contributed by atoms with Gasteiger partial charge < -0.3 is 18.8 Å². The Hall–Kier alpha value is -5.15. The number of fused-ring (bicyclic) bond motifs is 4. The second-order valence-electron chi connectivity index (χ2n) is 15.6. The van der Waals surface area contributed by atoms with Crippen LogP contribution in [0, 0.1) is 27.7 Å². The van der Waals surface area contributed by atoms with E-state index in [9.17, 15) is 13.0 Å². The topological polar surface area (TPSA) is 142 Å². The van der Waals surface area contributed by atoms with Crippen molar-refractivity contribution in [1.29, 1.82) is 0 Å². The van der Waals surface area contributed by atoms with Crippen molar-refractivity contribution in [3.63, 3.8) is 0 Å². The summed E-state index contributed by atoms with van der Waals surface area (Å²) in [5.41, 5.74) is 10.1. The molecule has 308 valence electrons. The van der Waals surface area contributed by atoms with E-state index in [1.807, 2.05) is 97.6 Å². The summed E-state index contributed by atoms with van der Waals surface area (Å²) in [5.74, 6) is 0.730. The average Bonchev–Trinajstić information content (AvgIpc) is 3.92. The lowest BCUT2D eigenvalue weighted by molar-refractivity contribution is 0.0957. The third-order valence-electron chi connectivity index (χ3n) is 11.4. The molecule has 0 saturated carbocycles. The quantitative estimate of drug-likeness (QED) is 0.0949. The van der Waals surface area contributed by atoms with Crippen LogP contribution in [0.4, 0.5) is 5.69 Å². The molecule has 7 aromatic rings. The van der Waals surface area contributed by atoms with Crippen LogP contribution >= 0.6 is 23.2 Å². The Balaban J connectivity index is 1.27. The first-order valence-corrected chi connectivity index (χ1v) is 21.9. The van der Waals surface area contributed by atoms with Gasteiger partial charge in [-0.3, -0.25) is 18.7 Å². The number of rotatable bonds is 12. The van der Waals surface area contributed by atoms with E-state index in [4.69, 9.17) is 33.0 Å². The van der Waals surface area contributed by atoms with Crippen LogP contribution in [-0.4, -0.2) is 71.5 Å². The third-order valence-corrected chi connectivity index (χ3v) is 13.1. The van der Waals surface area contributed by atoms with Crippen molar-refractivity contribution in [1.82, 2.24) is 33.7 Å². The van der Waals surface area contributed by atoms with E-state index in [-0.39, 0.29) is 24.1 Å². The zero-order chi connectivity index (χ0) is 42.1. The SMILES string of the molecule is Cc1cc(OCCCc2c3n(c4c(-c5c(C)nn(C)c5C)c(Cl)ccc24)[C@H](C)CN(c2cn(CCCS(=O)(=O)O)c4ccc(-c5ncn(C)n5)cc24)C3=O)cc(C)c1Cl. The number of carbonyl (C=O) groups is 1. The molecule has 16 heteroatoms. The van der Waals surface area contributed by atoms with Gasteiger partial charge in [0.25, 0.3) is 16.0 Å². The summed E-state index contributed by atoms with van der Waals surface area (Å²) in [6, 6.07) is 13.5. The van der Waals surface area contributed by atoms with Crippen molar-refractivity contribution < 1.29 is 22.5 Å². The number of benzene rings is 3. The Bertz CT molecular complexity index is 2900. The van der Waals surface area contributed by atoms with Crippen molar-refractivity contribution >= 4 is 66.7 Å². The molecule has 0 spiro atoms. The highest BCUT2D eigenvalue weighted by Gasteiger charge is 2.38. The van der Waals surface area contributed by atoms with E-state index in [0.29, 0.717) is 54.8 Å². The monoisotopic (exact) mass is 856 g/mol. The van der Waals surface area contributed by atoms with E-state index in [0.717, 1.165) is 77.3 Å². The molecule has 4 aromatic heterocycles. The van der Waals surface area contributed by atoms with Gasteiger partial charge in [0.15, 0.2) is 5.82 Å². The van der Waals surface area contributed by atoms with Crippen molar-refractivity contribution in [3.8, 4) is 28.3 Å². The maximum Gasteiger partial charge on any atom is 0.275 e. The fraction of sp³-hybridized carbons (Fsp3) is 0.349. The maximum atomic E-state index is 15.4. The minimum atomic E-state index is -4.16. The molecule has 1 aliphatic heterocycles. The molecule has 0 radical (unpaired) electrons. The molecule has 0 aliphatic carbocycles. The van der Waals surface area contributed by atoms with Gasteiger partial charge in [-0.2, -0.15) is 18.6 Å². The van der Waals surface area contributed by atoms with Crippen molar-refractivity contribution in [2.45, 2.75) is 66.5 Å². The lowest BCUT2D eigenvalue weighted by Crippen LogP contribution is -2.42. The molecule has 1 atom stereocenters. The predicted octanol–water partition coefficient (Wildman–Crippen LogP) is 8.84. The van der Waals surface area contributed by atoms with Gasteiger partial charge in [-0.05, 0) is 107 Å². The minimum Gasteiger partial charge on any atom is -0.494 e. The second-order valence-corrected chi connectivity index (χ2v) is 18.0. The first-order chi connectivity index (χ1) is 28.0. The van der Waals surface area contributed by atoms with Gasteiger partial charge in [-0.1, -0.05) is 29.3 Å². The summed E-state index contributed by atoms with van der Waals surface area (Å²) >= 11 is 13.6. The van der Waals surface area contributed by atoms with Gasteiger partial charge in [0.1, 0.15) is 17.8 Å². The van der Waals surface area contributed by atoms with E-state index in [1.165, 1.54) is 0 Å². The molecule has 59 heavy (non-hydrogen) atoms. The highest BCUT2D eigenvalue weighted by molar-refractivity contribution is 7.85. The Morgan fingerprint density at radius 2 is 1.69 bits per heavy atom. The molecule has 13 nitrogen and oxygen atoms in total. The number of nitrogens with zero attached hydrogens (tertiary/aromatic N) is 8. The van der Waals surface area contributed by atoms with Crippen LogP contribution in [0.3, 0.4) is 0 Å². The first-order valence-electron chi connectivity index (χ1n) is 19.5. The summed E-state index contributed by atoms with van der Waals surface area (Å²) in [6.45, 7) is 11.1. The number of anilines is 1. The van der Waals surface area contributed by atoms with Gasteiger partial charge in [0.2, 0.25) is 0 Å². The molecule has 0 fully saturated rings. The van der Waals surface area contributed by atoms with Gasteiger partial charge in [0, 0.05) is 77.6 Å². The van der Waals surface area contributed by atoms with Crippen LogP contribution in [0.5, 0.6) is 5.75 Å². The number of ether oxygens (including phenoxy) is 1. The zero-order valence-electron chi connectivity index (χ0n) is 34.0. The normalized spacial score (nSPS) is 14.6. The smallest absolute Gasteiger partial charge is 0.275 e. The molecule has 1 amide bonds. The van der Waals surface area contributed by atoms with Crippen LogP contribution in [0.1, 0.15) is 64.4 Å². The standard InChI is InChI=1S/C43H46Cl2N8O5S/c1-24-18-30(19-25(2)39(24)45)58-16-8-10-31-32-12-13-34(44)38(37-27(4)47-50(7)28(37)5)40(32)53-26(3)21-52(43(54)41(31)53)36-22-51(15-9-17-59(55,56)57)35-14-11-29(20-33(35)36)42-46-23-49(6)48-42/h11-14,18-20,22-23,26H,8-10,15-17,21H2,1-7H3,(H,55,56,57)/t26-/m1/s1. The fourth-order valence-electron chi connectivity index (χ4n) is 8.64. The summed E-state index contributed by atoms with van der Waals surface area (Å²) in [6.07, 6.45) is 4.90. The second kappa shape index (κ2) is 15.5. The number of amides is 1. The number of hydrogen-bond acceptors (Lipinski definition) is 7. The van der Waals surface area contributed by atoms with Crippen molar-refractivity contribution in [2.75, 3.05) is 23.8 Å². The number of carbonyl (C=O) groups excluding carboxylic acids is 1. The molecule has 5 heterocycles. The highest BCUT2D eigenvalue weighted by Crippen LogP contribution is 2.46. The lowest BCUT2D eigenvalue weighted by atomic mass is 9.98. The Labute approximate surface area is 352 Å². The van der Waals surface area contributed by atoms with Crippen LogP contribution in [0.2, 0.25) is 10.0 Å². The van der Waals surface area contributed by atoms with Gasteiger partial charge in [-0.25, -0.2) is 4.98 Å². The van der Waals surface area contributed by atoms with Crippen LogP contribution in [0.25, 0.3) is 44.3 Å². The molecule has 0 unspecified atom stereocenters. The summed E-state index contributed by atoms with van der Waals surface area (Å²) in [5, 5.41) is 12.3. The molecular formula is C43H46Cl2N8O5S. The van der Waals surface area contributed by atoms with Crippen LogP contribution in [-0.2, 0) is 37.2 Å². The van der Waals surface area contributed by atoms with Crippen molar-refractivity contribution in [2.24, 2.45) is 14.1 Å². The number of hydrogen-bond donors (Lipinski definition) is 1. The zero-order valence-corrected chi connectivity index (χ0v) is 36.4. The Kier molecular flexibility index (Phi) is 10.6. The Morgan fingerprint density at radius 1 is 0.949 bits per heavy atom. The number of halogens is 2. The number of aromatic nitrogens is 7. The van der Waals surface area contributed by atoms with Gasteiger partial charge in [0.05, 0.1) is 39.8 Å².